The maximum Gasteiger partial charge on any atom is 0.233 e. The second-order valence-electron chi connectivity index (χ2n) is 10.7. The van der Waals surface area contributed by atoms with Crippen molar-refractivity contribution in [2.45, 2.75) is 12.2 Å². The third-order valence-electron chi connectivity index (χ3n) is 8.48. The van der Waals surface area contributed by atoms with Crippen molar-refractivity contribution in [1.29, 1.82) is 5.41 Å². The molecule has 6 rings (SSSR count). The Hall–Kier alpha value is -5.28. The number of carbonyl (C=O) groups is 2. The van der Waals surface area contributed by atoms with Crippen molar-refractivity contribution >= 4 is 23.3 Å². The summed E-state index contributed by atoms with van der Waals surface area (Å²) in [6.45, 7) is 0. The maximum atomic E-state index is 14.7. The quantitative estimate of drug-likeness (QED) is 0.249. The van der Waals surface area contributed by atoms with Crippen molar-refractivity contribution in [2.24, 2.45) is 28.1 Å². The van der Waals surface area contributed by atoms with Crippen LogP contribution in [0.1, 0.15) is 44.1 Å². The number of ketones is 2. The van der Waals surface area contributed by atoms with E-state index in [1.807, 2.05) is 12.1 Å². The molecular weight excluding hydrogens is 558 g/mol. The Labute approximate surface area is 254 Å². The molecule has 1 saturated heterocycles. The Morgan fingerprint density at radius 3 is 1.45 bits per heavy atom. The summed E-state index contributed by atoms with van der Waals surface area (Å²) in [6, 6.07) is 31.7. The average Bonchev–Trinajstić information content (AvgIpc) is 3.37. The van der Waals surface area contributed by atoms with Gasteiger partial charge in [0.25, 0.3) is 0 Å². The highest BCUT2D eigenvalue weighted by Gasteiger charge is 2.69. The first-order chi connectivity index (χ1) is 21.4. The smallest absolute Gasteiger partial charge is 0.233 e. The van der Waals surface area contributed by atoms with Gasteiger partial charge < -0.3 is 24.8 Å². The van der Waals surface area contributed by atoms with Gasteiger partial charge in [0.2, 0.25) is 5.90 Å². The molecule has 0 radical (unpaired) electrons. The summed E-state index contributed by atoms with van der Waals surface area (Å²) in [5, 5.41) is 13.2. The number of carbonyl (C=O) groups excluding carboxylic acids is 2. The van der Waals surface area contributed by atoms with Gasteiger partial charge in [-0.1, -0.05) is 90.1 Å². The molecule has 2 aliphatic rings. The molecule has 4 aromatic carbocycles. The van der Waals surface area contributed by atoms with Crippen molar-refractivity contribution in [1.82, 2.24) is 0 Å². The first-order valence-electron chi connectivity index (χ1n) is 14.1. The van der Waals surface area contributed by atoms with Crippen LogP contribution in [0, 0.1) is 22.7 Å². The third-order valence-corrected chi connectivity index (χ3v) is 8.48. The van der Waals surface area contributed by atoms with Gasteiger partial charge in [-0.25, -0.2) is 0 Å². The molecule has 9 heteroatoms. The van der Waals surface area contributed by atoms with Crippen molar-refractivity contribution in [2.75, 3.05) is 14.2 Å². The van der Waals surface area contributed by atoms with Crippen LogP contribution >= 0.6 is 0 Å². The minimum atomic E-state index is -1.78. The van der Waals surface area contributed by atoms with E-state index < -0.39 is 29.5 Å². The summed E-state index contributed by atoms with van der Waals surface area (Å²) in [4.78, 5) is 34.9. The van der Waals surface area contributed by atoms with Crippen molar-refractivity contribution in [3.63, 3.8) is 0 Å². The molecule has 4 aromatic rings. The van der Waals surface area contributed by atoms with Crippen molar-refractivity contribution in [3.05, 3.63) is 131 Å². The SMILES string of the molecule is COc1ccc(C2OC(c3ccc(OC)cc3)C(C(=O)c3ccccc3)C3(C(=N)ON=C3N)C2C(=O)c2ccccc2)cc1. The van der Waals surface area contributed by atoms with Crippen molar-refractivity contribution in [3.8, 4) is 11.5 Å². The monoisotopic (exact) mass is 589 g/mol. The number of Topliss-reactive ketones (excluding diaryl/α,β-unsaturated/α-hetero) is 2. The predicted molar refractivity (Wildman–Crippen MR) is 164 cm³/mol. The number of benzene rings is 4. The standard InChI is InChI=1S/C35H31N3O6/c1-41-25-17-13-23(14-18-25)31-27(29(39)21-9-5-3-6-10-21)35(33(36)38-44-34(35)37)28(30(40)22-11-7-4-8-12-22)32(43-31)24-15-19-26(42-2)20-16-24/h3-20,27-28,31-32,37H,1-2H3,(H2,36,38). The Morgan fingerprint density at radius 1 is 0.705 bits per heavy atom. The highest BCUT2D eigenvalue weighted by molar-refractivity contribution is 6.19. The molecule has 0 amide bonds. The van der Waals surface area contributed by atoms with Gasteiger partial charge in [-0.3, -0.25) is 15.0 Å². The van der Waals surface area contributed by atoms with Crippen LogP contribution in [-0.4, -0.2) is 37.5 Å². The zero-order valence-electron chi connectivity index (χ0n) is 24.2. The van der Waals surface area contributed by atoms with Gasteiger partial charge in [0.1, 0.15) is 16.9 Å². The van der Waals surface area contributed by atoms with Crippen molar-refractivity contribution < 1.29 is 28.6 Å². The Morgan fingerprint density at radius 2 is 1.11 bits per heavy atom. The lowest BCUT2D eigenvalue weighted by atomic mass is 9.55. The van der Waals surface area contributed by atoms with Crippen LogP contribution in [0.5, 0.6) is 11.5 Å². The van der Waals surface area contributed by atoms with Crippen LogP contribution in [0.3, 0.4) is 0 Å². The number of nitrogens with two attached hydrogens (primary N) is 1. The number of hydrogen-bond donors (Lipinski definition) is 2. The molecule has 3 N–H and O–H groups in total. The molecule has 2 aliphatic heterocycles. The molecule has 1 spiro atoms. The lowest BCUT2D eigenvalue weighted by Crippen LogP contribution is -2.62. The Balaban J connectivity index is 1.64. The highest BCUT2D eigenvalue weighted by atomic mass is 16.6. The van der Waals surface area contributed by atoms with E-state index in [1.165, 1.54) is 0 Å². The van der Waals surface area contributed by atoms with Crippen LogP contribution in [0.2, 0.25) is 0 Å². The van der Waals surface area contributed by atoms with Gasteiger partial charge in [0.05, 0.1) is 38.3 Å². The molecule has 2 heterocycles. The maximum absolute atomic E-state index is 14.7. The fourth-order valence-corrected chi connectivity index (χ4v) is 6.33. The minimum absolute atomic E-state index is 0.133. The van der Waals surface area contributed by atoms with E-state index in [-0.39, 0.29) is 23.3 Å². The van der Waals surface area contributed by atoms with E-state index in [1.54, 1.807) is 111 Å². The first-order valence-corrected chi connectivity index (χ1v) is 14.1. The molecule has 0 bridgehead atoms. The van der Waals surface area contributed by atoms with E-state index in [0.717, 1.165) is 0 Å². The van der Waals surface area contributed by atoms with Gasteiger partial charge >= 0.3 is 0 Å². The van der Waals surface area contributed by atoms with Gasteiger partial charge in [-0.15, -0.1) is 0 Å². The van der Waals surface area contributed by atoms with E-state index in [0.29, 0.717) is 33.8 Å². The summed E-state index contributed by atoms with van der Waals surface area (Å²) < 4.78 is 17.7. The molecule has 222 valence electrons. The highest BCUT2D eigenvalue weighted by Crippen LogP contribution is 2.59. The second-order valence-corrected chi connectivity index (χ2v) is 10.7. The lowest BCUT2D eigenvalue weighted by Gasteiger charge is -2.51. The number of hydrogen-bond acceptors (Lipinski definition) is 9. The first kappa shape index (κ1) is 28.8. The fraction of sp³-hybridized carbons (Fsp3) is 0.200. The van der Waals surface area contributed by atoms with Crippen LogP contribution < -0.4 is 15.2 Å². The minimum Gasteiger partial charge on any atom is -0.497 e. The van der Waals surface area contributed by atoms with E-state index in [4.69, 9.17) is 24.8 Å². The van der Waals surface area contributed by atoms with Gasteiger partial charge in [-0.2, -0.15) is 0 Å². The molecule has 0 saturated carbocycles. The Bertz CT molecular complexity index is 1600. The average molecular weight is 590 g/mol. The number of amidine groups is 1. The Kier molecular flexibility index (Phi) is 7.71. The number of nitrogens with one attached hydrogen (secondary N) is 1. The molecule has 44 heavy (non-hydrogen) atoms. The van der Waals surface area contributed by atoms with Crippen LogP contribution in [-0.2, 0) is 9.57 Å². The van der Waals surface area contributed by atoms with Gasteiger partial charge in [0.15, 0.2) is 17.4 Å². The van der Waals surface area contributed by atoms with Gasteiger partial charge in [0, 0.05) is 11.1 Å². The van der Waals surface area contributed by atoms with E-state index in [9.17, 15) is 15.0 Å². The van der Waals surface area contributed by atoms with Gasteiger partial charge in [-0.05, 0) is 35.4 Å². The number of rotatable bonds is 8. The largest absolute Gasteiger partial charge is 0.497 e. The van der Waals surface area contributed by atoms with E-state index >= 15 is 0 Å². The lowest BCUT2D eigenvalue weighted by molar-refractivity contribution is -0.129. The summed E-state index contributed by atoms with van der Waals surface area (Å²) in [5.74, 6) is -2.39. The third kappa shape index (κ3) is 4.71. The molecule has 9 nitrogen and oxygen atoms in total. The summed E-state index contributed by atoms with van der Waals surface area (Å²) in [7, 11) is 3.13. The molecule has 1 fully saturated rings. The molecular formula is C35H31N3O6. The van der Waals surface area contributed by atoms with E-state index in [2.05, 4.69) is 5.16 Å². The van der Waals surface area contributed by atoms with Crippen LogP contribution in [0.25, 0.3) is 0 Å². The molecule has 0 aliphatic carbocycles. The van der Waals surface area contributed by atoms with Crippen LogP contribution in [0.4, 0.5) is 0 Å². The normalized spacial score (nSPS) is 24.3. The second kappa shape index (κ2) is 11.8. The number of methoxy groups -OCH3 is 2. The number of oxime groups is 1. The van der Waals surface area contributed by atoms with Crippen LogP contribution in [0.15, 0.2) is 114 Å². The summed E-state index contributed by atoms with van der Waals surface area (Å²) in [6.07, 6.45) is -1.92. The topological polar surface area (TPSA) is 133 Å². The molecule has 4 unspecified atom stereocenters. The predicted octanol–water partition coefficient (Wildman–Crippen LogP) is 5.78. The number of ether oxygens (including phenoxy) is 3. The zero-order chi connectivity index (χ0) is 30.8. The fourth-order valence-electron chi connectivity index (χ4n) is 6.33. The zero-order valence-corrected chi connectivity index (χ0v) is 24.2. The number of nitrogens with zero attached hydrogens (tertiary/aromatic N) is 1. The summed E-state index contributed by atoms with van der Waals surface area (Å²) in [5.41, 5.74) is 6.94. The molecule has 4 atom stereocenters. The molecule has 0 aromatic heterocycles. The summed E-state index contributed by atoms with van der Waals surface area (Å²) >= 11 is 0.